The van der Waals surface area contributed by atoms with Gasteiger partial charge in [-0.1, -0.05) is 56.1 Å². The maximum atomic E-state index is 13.6. The molecule has 1 atom stereocenters. The standard InChI is InChI=1S/C35H48Cl2N2O4Si/c1-35(2,3)44(4,5)43-29-13-11-28(12-14-29)39-17-15-26(34(39)41)21-30-31(36)22-27(23-32(30)37)24-7-9-25(10-8-24)33(40)38-16-6-19-42-20-18-38/h7-10,22-23,26,28-29H,6,11-21H2,1-5H3/t26-,28-,29+/m0/s1. The molecule has 2 saturated heterocycles. The summed E-state index contributed by atoms with van der Waals surface area (Å²) in [5, 5.41) is 1.36. The minimum Gasteiger partial charge on any atom is -0.414 e. The highest BCUT2D eigenvalue weighted by Crippen LogP contribution is 2.41. The maximum absolute atomic E-state index is 13.6. The van der Waals surface area contributed by atoms with Crippen molar-refractivity contribution in [2.45, 2.75) is 96.0 Å². The van der Waals surface area contributed by atoms with Crippen LogP contribution in [0.1, 0.15) is 75.2 Å². The van der Waals surface area contributed by atoms with Crippen molar-refractivity contribution in [3.63, 3.8) is 0 Å². The summed E-state index contributed by atoms with van der Waals surface area (Å²) in [6.45, 7) is 14.9. The van der Waals surface area contributed by atoms with Crippen LogP contribution in [0.25, 0.3) is 11.1 Å². The van der Waals surface area contributed by atoms with E-state index < -0.39 is 8.32 Å². The molecule has 2 amide bonds. The van der Waals surface area contributed by atoms with Crippen molar-refractivity contribution in [1.29, 1.82) is 0 Å². The molecule has 3 aliphatic rings. The number of hydrogen-bond acceptors (Lipinski definition) is 4. The summed E-state index contributed by atoms with van der Waals surface area (Å²) < 4.78 is 12.2. The van der Waals surface area contributed by atoms with Crippen molar-refractivity contribution in [3.05, 3.63) is 57.6 Å². The van der Waals surface area contributed by atoms with Gasteiger partial charge in [-0.2, -0.15) is 0 Å². The number of amides is 2. The van der Waals surface area contributed by atoms with Gasteiger partial charge < -0.3 is 19.0 Å². The van der Waals surface area contributed by atoms with Crippen LogP contribution < -0.4 is 0 Å². The molecule has 0 unspecified atom stereocenters. The lowest BCUT2D eigenvalue weighted by Gasteiger charge is -2.42. The molecule has 2 aromatic rings. The molecule has 3 fully saturated rings. The molecule has 2 heterocycles. The van der Waals surface area contributed by atoms with Gasteiger partial charge in [-0.25, -0.2) is 0 Å². The summed E-state index contributed by atoms with van der Waals surface area (Å²) in [5.41, 5.74) is 3.32. The molecule has 0 bridgehead atoms. The third-order valence-corrected chi connectivity index (χ3v) is 15.5. The van der Waals surface area contributed by atoms with Crippen molar-refractivity contribution in [2.24, 2.45) is 5.92 Å². The predicted molar refractivity (Wildman–Crippen MR) is 181 cm³/mol. The Labute approximate surface area is 274 Å². The Kier molecular flexibility index (Phi) is 10.5. The van der Waals surface area contributed by atoms with Gasteiger partial charge in [0.05, 0.1) is 6.61 Å². The number of carbonyl (C=O) groups is 2. The Morgan fingerprint density at radius 1 is 0.932 bits per heavy atom. The van der Waals surface area contributed by atoms with Crippen molar-refractivity contribution in [3.8, 4) is 11.1 Å². The van der Waals surface area contributed by atoms with E-state index in [0.29, 0.717) is 60.5 Å². The van der Waals surface area contributed by atoms with Crippen molar-refractivity contribution in [1.82, 2.24) is 9.80 Å². The van der Waals surface area contributed by atoms with Gasteiger partial charge in [0.2, 0.25) is 5.91 Å². The molecule has 0 N–H and O–H groups in total. The Morgan fingerprint density at radius 2 is 1.59 bits per heavy atom. The predicted octanol–water partition coefficient (Wildman–Crippen LogP) is 8.25. The van der Waals surface area contributed by atoms with E-state index in [4.69, 9.17) is 32.4 Å². The number of hydrogen-bond donors (Lipinski definition) is 0. The monoisotopic (exact) mass is 658 g/mol. The van der Waals surface area contributed by atoms with E-state index in [1.165, 1.54) is 0 Å². The number of rotatable bonds is 7. The second kappa shape index (κ2) is 13.8. The summed E-state index contributed by atoms with van der Waals surface area (Å²) >= 11 is 13.6. The quantitative estimate of drug-likeness (QED) is 0.281. The zero-order chi connectivity index (χ0) is 31.6. The third kappa shape index (κ3) is 7.55. The van der Waals surface area contributed by atoms with Crippen LogP contribution in [0.15, 0.2) is 36.4 Å². The summed E-state index contributed by atoms with van der Waals surface area (Å²) in [6.07, 6.45) is 6.58. The van der Waals surface area contributed by atoms with E-state index >= 15 is 0 Å². The highest BCUT2D eigenvalue weighted by Gasteiger charge is 2.42. The van der Waals surface area contributed by atoms with Gasteiger partial charge in [0.25, 0.3) is 5.91 Å². The zero-order valence-corrected chi connectivity index (χ0v) is 29.5. The number of nitrogens with zero attached hydrogens (tertiary/aromatic N) is 2. The van der Waals surface area contributed by atoms with Gasteiger partial charge in [-0.15, -0.1) is 0 Å². The lowest BCUT2D eigenvalue weighted by atomic mass is 9.92. The Balaban J connectivity index is 1.18. The van der Waals surface area contributed by atoms with Crippen LogP contribution >= 0.6 is 23.2 Å². The SMILES string of the molecule is CC(C)(C)[Si](C)(C)O[C@H]1CC[C@@H](N2CC[C@@H](Cc3c(Cl)cc(-c4ccc(C(=O)N5CCCOCC5)cc4)cc3Cl)C2=O)CC1. The molecule has 1 aliphatic carbocycles. The molecule has 1 saturated carbocycles. The molecule has 0 aromatic heterocycles. The summed E-state index contributed by atoms with van der Waals surface area (Å²) in [5.74, 6) is 0.147. The molecular formula is C35H48Cl2N2O4Si. The summed E-state index contributed by atoms with van der Waals surface area (Å²) in [7, 11) is -1.79. The maximum Gasteiger partial charge on any atom is 0.253 e. The molecule has 5 rings (SSSR count). The lowest BCUT2D eigenvalue weighted by Crippen LogP contribution is -2.47. The number of benzene rings is 2. The number of ether oxygens (including phenoxy) is 1. The van der Waals surface area contributed by atoms with E-state index in [0.717, 1.165) is 61.8 Å². The van der Waals surface area contributed by atoms with Gasteiger partial charge in [-0.05, 0) is 104 Å². The molecule has 9 heteroatoms. The molecule has 44 heavy (non-hydrogen) atoms. The first-order chi connectivity index (χ1) is 20.8. The fourth-order valence-electron chi connectivity index (χ4n) is 6.53. The summed E-state index contributed by atoms with van der Waals surface area (Å²) in [6, 6.07) is 11.7. The fraction of sp³-hybridized carbons (Fsp3) is 0.600. The van der Waals surface area contributed by atoms with E-state index in [1.54, 1.807) is 0 Å². The second-order valence-electron chi connectivity index (χ2n) is 14.3. The first-order valence-corrected chi connectivity index (χ1v) is 19.9. The Bertz CT molecular complexity index is 1300. The number of likely N-dealkylation sites (tertiary alicyclic amines) is 1. The second-order valence-corrected chi connectivity index (χ2v) is 19.9. The van der Waals surface area contributed by atoms with Gasteiger partial charge in [0.1, 0.15) is 0 Å². The fourth-order valence-corrected chi connectivity index (χ4v) is 8.60. The summed E-state index contributed by atoms with van der Waals surface area (Å²) in [4.78, 5) is 30.5. The Hall–Kier alpha value is -1.90. The van der Waals surface area contributed by atoms with Crippen molar-refractivity contribution < 1.29 is 18.8 Å². The van der Waals surface area contributed by atoms with Gasteiger partial charge in [-0.3, -0.25) is 9.59 Å². The molecule has 6 nitrogen and oxygen atoms in total. The highest BCUT2D eigenvalue weighted by atomic mass is 35.5. The molecule has 0 spiro atoms. The van der Waals surface area contributed by atoms with Gasteiger partial charge in [0, 0.05) is 59.9 Å². The average Bonchev–Trinajstić information content (AvgIpc) is 3.15. The number of halogens is 2. The normalized spacial score (nSPS) is 23.6. The molecule has 2 aliphatic heterocycles. The minimum absolute atomic E-state index is 0.0243. The zero-order valence-electron chi connectivity index (χ0n) is 27.0. The van der Waals surface area contributed by atoms with Gasteiger partial charge in [0.15, 0.2) is 8.32 Å². The minimum atomic E-state index is -1.79. The van der Waals surface area contributed by atoms with E-state index in [-0.39, 0.29) is 22.8 Å². The largest absolute Gasteiger partial charge is 0.414 e. The molecule has 240 valence electrons. The van der Waals surface area contributed by atoms with Crippen molar-refractivity contribution in [2.75, 3.05) is 32.8 Å². The van der Waals surface area contributed by atoms with Crippen LogP contribution in [-0.4, -0.2) is 74.9 Å². The Morgan fingerprint density at radius 3 is 2.23 bits per heavy atom. The first kappa shape index (κ1) is 33.5. The van der Waals surface area contributed by atoms with E-state index in [9.17, 15) is 9.59 Å². The van der Waals surface area contributed by atoms with Crippen LogP contribution in [0.5, 0.6) is 0 Å². The average molecular weight is 660 g/mol. The smallest absolute Gasteiger partial charge is 0.253 e. The van der Waals surface area contributed by atoms with Crippen LogP contribution in [0.2, 0.25) is 28.2 Å². The topological polar surface area (TPSA) is 59.1 Å². The van der Waals surface area contributed by atoms with Crippen LogP contribution in [0.4, 0.5) is 0 Å². The van der Waals surface area contributed by atoms with Crippen LogP contribution in [-0.2, 0) is 20.4 Å². The molecule has 2 aromatic carbocycles. The molecule has 0 radical (unpaired) electrons. The molecular weight excluding hydrogens is 611 g/mol. The van der Waals surface area contributed by atoms with E-state index in [2.05, 4.69) is 38.8 Å². The first-order valence-electron chi connectivity index (χ1n) is 16.3. The van der Waals surface area contributed by atoms with Crippen molar-refractivity contribution >= 4 is 43.3 Å². The van der Waals surface area contributed by atoms with Crippen LogP contribution in [0.3, 0.4) is 0 Å². The number of carbonyl (C=O) groups excluding carboxylic acids is 2. The van der Waals surface area contributed by atoms with Gasteiger partial charge >= 0.3 is 0 Å². The van der Waals surface area contributed by atoms with Crippen LogP contribution in [0, 0.1) is 5.92 Å². The van der Waals surface area contributed by atoms with E-state index in [1.807, 2.05) is 41.3 Å². The third-order valence-electron chi connectivity index (χ3n) is 10.3. The highest BCUT2D eigenvalue weighted by molar-refractivity contribution is 6.74. The lowest BCUT2D eigenvalue weighted by molar-refractivity contribution is -0.133.